The van der Waals surface area contributed by atoms with Gasteiger partial charge in [-0.25, -0.2) is 4.79 Å². The first kappa shape index (κ1) is 13.3. The van der Waals surface area contributed by atoms with Gasteiger partial charge in [-0.1, -0.05) is 42.5 Å². The molecule has 0 bridgehead atoms. The molecule has 0 saturated carbocycles. The monoisotopic (exact) mass is 259 g/mol. The van der Waals surface area contributed by atoms with Crippen LogP contribution in [0.2, 0.25) is 0 Å². The van der Waals surface area contributed by atoms with E-state index in [2.05, 4.69) is 5.32 Å². The summed E-state index contributed by atoms with van der Waals surface area (Å²) in [6.07, 6.45) is 5.61. The van der Waals surface area contributed by atoms with E-state index in [1.54, 1.807) is 0 Å². The number of amides is 1. The molecule has 1 aromatic rings. The van der Waals surface area contributed by atoms with Gasteiger partial charge in [-0.05, 0) is 18.4 Å². The van der Waals surface area contributed by atoms with E-state index in [0.29, 0.717) is 19.3 Å². The Hall–Kier alpha value is -2.10. The quantitative estimate of drug-likeness (QED) is 0.792. The standard InChI is InChI=1S/C15H17NO3/c17-14(12-8-4-5-9-12)16-13(15(18)19)10-11-6-2-1-3-7-11/h1-7,12-13H,8-10H2,(H,16,17)(H,18,19)/t13-/m1/s1. The smallest absolute Gasteiger partial charge is 0.326 e. The predicted molar refractivity (Wildman–Crippen MR) is 71.6 cm³/mol. The van der Waals surface area contributed by atoms with Gasteiger partial charge >= 0.3 is 5.97 Å². The fraction of sp³-hybridized carbons (Fsp3) is 0.333. The molecule has 2 N–H and O–H groups in total. The van der Waals surface area contributed by atoms with Crippen molar-refractivity contribution in [1.29, 1.82) is 0 Å². The van der Waals surface area contributed by atoms with Gasteiger partial charge in [0.05, 0.1) is 0 Å². The van der Waals surface area contributed by atoms with Crippen LogP contribution in [0.25, 0.3) is 0 Å². The Morgan fingerprint density at radius 1 is 1.21 bits per heavy atom. The molecule has 0 radical (unpaired) electrons. The average Bonchev–Trinajstić information content (AvgIpc) is 2.93. The molecule has 4 heteroatoms. The van der Waals surface area contributed by atoms with Crippen molar-refractivity contribution in [1.82, 2.24) is 5.32 Å². The molecular weight excluding hydrogens is 242 g/mol. The number of hydrogen-bond donors (Lipinski definition) is 2. The number of carbonyl (C=O) groups excluding carboxylic acids is 1. The third-order valence-corrected chi connectivity index (χ3v) is 3.28. The minimum Gasteiger partial charge on any atom is -0.480 e. The Morgan fingerprint density at radius 2 is 1.84 bits per heavy atom. The molecule has 2 rings (SSSR count). The van der Waals surface area contributed by atoms with Crippen LogP contribution < -0.4 is 5.32 Å². The maximum Gasteiger partial charge on any atom is 0.326 e. The van der Waals surface area contributed by atoms with Gasteiger partial charge in [0.2, 0.25) is 5.91 Å². The molecular formula is C15H17NO3. The summed E-state index contributed by atoms with van der Waals surface area (Å²) < 4.78 is 0. The van der Waals surface area contributed by atoms with Gasteiger partial charge in [0, 0.05) is 12.3 Å². The second-order valence-electron chi connectivity index (χ2n) is 4.73. The molecule has 0 spiro atoms. The highest BCUT2D eigenvalue weighted by atomic mass is 16.4. The topological polar surface area (TPSA) is 66.4 Å². The molecule has 100 valence electrons. The van der Waals surface area contributed by atoms with E-state index >= 15 is 0 Å². The van der Waals surface area contributed by atoms with Crippen LogP contribution in [0.15, 0.2) is 42.5 Å². The van der Waals surface area contributed by atoms with Gasteiger partial charge in [-0.15, -0.1) is 0 Å². The number of nitrogens with one attached hydrogen (secondary N) is 1. The molecule has 0 heterocycles. The molecule has 0 unspecified atom stereocenters. The normalized spacial score (nSPS) is 16.2. The first-order valence-corrected chi connectivity index (χ1v) is 6.39. The summed E-state index contributed by atoms with van der Waals surface area (Å²) in [4.78, 5) is 23.2. The van der Waals surface area contributed by atoms with Gasteiger partial charge in [0.25, 0.3) is 0 Å². The number of carboxylic acids is 1. The van der Waals surface area contributed by atoms with E-state index in [0.717, 1.165) is 5.56 Å². The van der Waals surface area contributed by atoms with Gasteiger partial charge < -0.3 is 10.4 Å². The van der Waals surface area contributed by atoms with E-state index in [1.165, 1.54) is 0 Å². The van der Waals surface area contributed by atoms with Crippen LogP contribution in [0.5, 0.6) is 0 Å². The van der Waals surface area contributed by atoms with Crippen LogP contribution in [0.1, 0.15) is 18.4 Å². The Bertz CT molecular complexity index is 473. The van der Waals surface area contributed by atoms with Crippen molar-refractivity contribution < 1.29 is 14.7 Å². The number of benzene rings is 1. The lowest BCUT2D eigenvalue weighted by Gasteiger charge is -2.17. The van der Waals surface area contributed by atoms with Crippen molar-refractivity contribution in [3.05, 3.63) is 48.0 Å². The maximum atomic E-state index is 11.9. The zero-order valence-corrected chi connectivity index (χ0v) is 10.6. The first-order chi connectivity index (χ1) is 9.16. The molecule has 19 heavy (non-hydrogen) atoms. The van der Waals surface area contributed by atoms with E-state index in [-0.39, 0.29) is 11.8 Å². The number of hydrogen-bond acceptors (Lipinski definition) is 2. The number of rotatable bonds is 5. The zero-order valence-electron chi connectivity index (χ0n) is 10.6. The lowest BCUT2D eigenvalue weighted by Crippen LogP contribution is -2.44. The summed E-state index contributed by atoms with van der Waals surface area (Å²) in [5.74, 6) is -1.28. The summed E-state index contributed by atoms with van der Waals surface area (Å²) >= 11 is 0. The molecule has 1 aliphatic carbocycles. The van der Waals surface area contributed by atoms with Gasteiger partial charge in [0.1, 0.15) is 6.04 Å². The second-order valence-corrected chi connectivity index (χ2v) is 4.73. The van der Waals surface area contributed by atoms with Gasteiger partial charge in [0.15, 0.2) is 0 Å². The largest absolute Gasteiger partial charge is 0.480 e. The van der Waals surface area contributed by atoms with Crippen molar-refractivity contribution in [3.8, 4) is 0 Å². The van der Waals surface area contributed by atoms with Crippen molar-refractivity contribution in [3.63, 3.8) is 0 Å². The van der Waals surface area contributed by atoms with Crippen molar-refractivity contribution in [2.45, 2.75) is 25.3 Å². The third-order valence-electron chi connectivity index (χ3n) is 3.28. The van der Waals surface area contributed by atoms with Crippen LogP contribution in [-0.2, 0) is 16.0 Å². The van der Waals surface area contributed by atoms with Crippen molar-refractivity contribution in [2.24, 2.45) is 5.92 Å². The summed E-state index contributed by atoms with van der Waals surface area (Å²) in [5.41, 5.74) is 0.903. The Kier molecular flexibility index (Phi) is 4.34. The average molecular weight is 259 g/mol. The molecule has 1 aliphatic rings. The third kappa shape index (κ3) is 3.68. The second kappa shape index (κ2) is 6.18. The summed E-state index contributed by atoms with van der Waals surface area (Å²) in [6.45, 7) is 0. The van der Waals surface area contributed by atoms with Crippen molar-refractivity contribution >= 4 is 11.9 Å². The fourth-order valence-electron chi connectivity index (χ4n) is 2.17. The zero-order chi connectivity index (χ0) is 13.7. The SMILES string of the molecule is O=C(N[C@H](Cc1ccccc1)C(=O)O)C1CC=CC1. The molecule has 1 atom stereocenters. The highest BCUT2D eigenvalue weighted by Crippen LogP contribution is 2.18. The molecule has 0 aromatic heterocycles. The predicted octanol–water partition coefficient (Wildman–Crippen LogP) is 1.76. The maximum absolute atomic E-state index is 11.9. The molecule has 0 aliphatic heterocycles. The molecule has 0 fully saturated rings. The lowest BCUT2D eigenvalue weighted by atomic mass is 10.0. The number of carbonyl (C=O) groups is 2. The van der Waals surface area contributed by atoms with Crippen LogP contribution in [0.4, 0.5) is 0 Å². The first-order valence-electron chi connectivity index (χ1n) is 6.39. The van der Waals surface area contributed by atoms with Gasteiger partial charge in [-0.2, -0.15) is 0 Å². The Morgan fingerprint density at radius 3 is 2.42 bits per heavy atom. The van der Waals surface area contributed by atoms with E-state index < -0.39 is 12.0 Å². The van der Waals surface area contributed by atoms with E-state index in [1.807, 2.05) is 42.5 Å². The van der Waals surface area contributed by atoms with Crippen LogP contribution in [0, 0.1) is 5.92 Å². The van der Waals surface area contributed by atoms with Crippen molar-refractivity contribution in [2.75, 3.05) is 0 Å². The number of allylic oxidation sites excluding steroid dienone is 2. The minimum absolute atomic E-state index is 0.113. The van der Waals surface area contributed by atoms with Crippen LogP contribution >= 0.6 is 0 Å². The molecule has 0 saturated heterocycles. The lowest BCUT2D eigenvalue weighted by molar-refractivity contribution is -0.142. The van der Waals surface area contributed by atoms with Gasteiger partial charge in [-0.3, -0.25) is 4.79 Å². The Balaban J connectivity index is 1.96. The highest BCUT2D eigenvalue weighted by molar-refractivity contribution is 5.85. The molecule has 1 amide bonds. The number of carboxylic acid groups (broad SMARTS) is 1. The summed E-state index contributed by atoms with van der Waals surface area (Å²) in [6, 6.07) is 8.45. The highest BCUT2D eigenvalue weighted by Gasteiger charge is 2.25. The van der Waals surface area contributed by atoms with E-state index in [9.17, 15) is 14.7 Å². The number of aliphatic carboxylic acids is 1. The molecule has 1 aromatic carbocycles. The summed E-state index contributed by atoms with van der Waals surface area (Å²) in [5, 5.41) is 11.8. The van der Waals surface area contributed by atoms with Crippen LogP contribution in [-0.4, -0.2) is 23.0 Å². The van der Waals surface area contributed by atoms with E-state index in [4.69, 9.17) is 0 Å². The summed E-state index contributed by atoms with van der Waals surface area (Å²) in [7, 11) is 0. The fourth-order valence-corrected chi connectivity index (χ4v) is 2.17. The minimum atomic E-state index is -0.997. The molecule has 4 nitrogen and oxygen atoms in total. The van der Waals surface area contributed by atoms with Crippen LogP contribution in [0.3, 0.4) is 0 Å². The Labute approximate surface area is 112 Å².